The lowest BCUT2D eigenvalue weighted by atomic mass is 10.0. The average Bonchev–Trinajstić information content (AvgIpc) is 3.39. The van der Waals surface area contributed by atoms with E-state index in [1.54, 1.807) is 17.0 Å². The highest BCUT2D eigenvalue weighted by Gasteiger charge is 2.42. The zero-order valence-corrected chi connectivity index (χ0v) is 21.7. The van der Waals surface area contributed by atoms with Crippen molar-refractivity contribution in [3.63, 3.8) is 0 Å². The number of nitrogens with one attached hydrogen (secondary N) is 1. The Hall–Kier alpha value is -3.29. The highest BCUT2D eigenvalue weighted by Crippen LogP contribution is 2.34. The summed E-state index contributed by atoms with van der Waals surface area (Å²) in [6, 6.07) is 4.76. The number of amidine groups is 1. The standard InChI is InChI=1S/C27H38N4O4/c1-7-17(4)24(28-20-15-14-18(27(33)34)16-23(20)35-6)29-25-21(8-2)30(5)26(32)22(9-3)31(25)19-12-10-11-13-19/h8,14-16,19,22,28H,7,9-13H2,1-6H3,(H,33,34)/b21-8+,24-17+,29-25+. The van der Waals surface area contributed by atoms with Gasteiger partial charge in [0.1, 0.15) is 17.6 Å². The number of carboxylic acid groups (broad SMARTS) is 1. The van der Waals surface area contributed by atoms with Gasteiger partial charge >= 0.3 is 5.97 Å². The van der Waals surface area contributed by atoms with Crippen LogP contribution in [0, 0.1) is 0 Å². The molecule has 0 aromatic heterocycles. The van der Waals surface area contributed by atoms with Crippen molar-refractivity contribution in [3.8, 4) is 5.75 Å². The number of hydrogen-bond donors (Lipinski definition) is 2. The topological polar surface area (TPSA) is 94.5 Å². The molecule has 2 aliphatic rings. The molecule has 190 valence electrons. The first kappa shape index (κ1) is 26.3. The normalized spacial score (nSPS) is 22.1. The molecule has 1 aliphatic heterocycles. The fourth-order valence-electron chi connectivity index (χ4n) is 4.87. The van der Waals surface area contributed by atoms with Crippen LogP contribution in [0.4, 0.5) is 5.69 Å². The van der Waals surface area contributed by atoms with Crippen LogP contribution in [0.15, 0.2) is 46.4 Å². The lowest BCUT2D eigenvalue weighted by molar-refractivity contribution is -0.134. The monoisotopic (exact) mass is 482 g/mol. The summed E-state index contributed by atoms with van der Waals surface area (Å²) < 4.78 is 5.48. The fourth-order valence-corrected chi connectivity index (χ4v) is 4.87. The van der Waals surface area contributed by atoms with E-state index in [4.69, 9.17) is 9.73 Å². The number of methoxy groups -OCH3 is 1. The molecule has 35 heavy (non-hydrogen) atoms. The van der Waals surface area contributed by atoms with Crippen LogP contribution < -0.4 is 10.1 Å². The first-order valence-corrected chi connectivity index (χ1v) is 12.5. The predicted molar refractivity (Wildman–Crippen MR) is 139 cm³/mol. The van der Waals surface area contributed by atoms with Gasteiger partial charge in [-0.05, 0) is 63.3 Å². The van der Waals surface area contributed by atoms with E-state index in [1.807, 2.05) is 27.0 Å². The van der Waals surface area contributed by atoms with Gasteiger partial charge in [-0.3, -0.25) is 4.79 Å². The second kappa shape index (κ2) is 11.4. The Morgan fingerprint density at radius 3 is 2.51 bits per heavy atom. The third kappa shape index (κ3) is 5.36. The molecule has 1 aliphatic carbocycles. The summed E-state index contributed by atoms with van der Waals surface area (Å²) >= 11 is 0. The molecule has 1 unspecified atom stereocenters. The zero-order valence-electron chi connectivity index (χ0n) is 21.7. The number of nitrogens with zero attached hydrogens (tertiary/aromatic N) is 3. The minimum atomic E-state index is -1.01. The number of piperazine rings is 1. The summed E-state index contributed by atoms with van der Waals surface area (Å²) in [6.45, 7) is 8.08. The van der Waals surface area contributed by atoms with Crippen molar-refractivity contribution in [2.24, 2.45) is 4.99 Å². The molecule has 1 saturated carbocycles. The van der Waals surface area contributed by atoms with Crippen molar-refractivity contribution < 1.29 is 19.4 Å². The number of carboxylic acids is 1. The van der Waals surface area contributed by atoms with Crippen LogP contribution in [-0.2, 0) is 4.79 Å². The quantitative estimate of drug-likeness (QED) is 0.526. The first-order chi connectivity index (χ1) is 16.8. The molecule has 2 N–H and O–H groups in total. The van der Waals surface area contributed by atoms with Gasteiger partial charge in [-0.1, -0.05) is 32.8 Å². The van der Waals surface area contributed by atoms with Gasteiger partial charge < -0.3 is 25.0 Å². The summed E-state index contributed by atoms with van der Waals surface area (Å²) in [5.74, 6) is 0.977. The van der Waals surface area contributed by atoms with Crippen molar-refractivity contribution in [1.29, 1.82) is 0 Å². The molecule has 1 aromatic carbocycles. The van der Waals surface area contributed by atoms with E-state index in [1.165, 1.54) is 13.2 Å². The Morgan fingerprint density at radius 1 is 1.29 bits per heavy atom. The highest BCUT2D eigenvalue weighted by molar-refractivity contribution is 6.08. The number of amides is 1. The van der Waals surface area contributed by atoms with Gasteiger partial charge in [-0.25, -0.2) is 9.79 Å². The number of carbonyl (C=O) groups excluding carboxylic acids is 1. The van der Waals surface area contributed by atoms with Crippen LogP contribution in [-0.4, -0.2) is 58.9 Å². The minimum absolute atomic E-state index is 0.100. The molecular weight excluding hydrogens is 444 g/mol. The van der Waals surface area contributed by atoms with Crippen molar-refractivity contribution in [2.45, 2.75) is 78.3 Å². The molecule has 0 spiro atoms. The van der Waals surface area contributed by atoms with Crippen molar-refractivity contribution in [2.75, 3.05) is 19.5 Å². The van der Waals surface area contributed by atoms with E-state index < -0.39 is 5.97 Å². The molecule has 8 heteroatoms. The summed E-state index contributed by atoms with van der Waals surface area (Å²) in [4.78, 5) is 33.8. The number of aromatic carboxylic acids is 1. The van der Waals surface area contributed by atoms with Crippen LogP contribution in [0.25, 0.3) is 0 Å². The summed E-state index contributed by atoms with van der Waals surface area (Å²) in [5.41, 5.74) is 2.61. The van der Waals surface area contributed by atoms with E-state index >= 15 is 0 Å². The molecule has 3 rings (SSSR count). The van der Waals surface area contributed by atoms with Crippen LogP contribution in [0.5, 0.6) is 5.75 Å². The molecule has 8 nitrogen and oxygen atoms in total. The van der Waals surface area contributed by atoms with E-state index in [2.05, 4.69) is 24.1 Å². The number of carbonyl (C=O) groups is 2. The van der Waals surface area contributed by atoms with E-state index in [0.29, 0.717) is 23.7 Å². The highest BCUT2D eigenvalue weighted by atomic mass is 16.5. The van der Waals surface area contributed by atoms with Crippen molar-refractivity contribution >= 4 is 23.4 Å². The van der Waals surface area contributed by atoms with Gasteiger partial charge in [-0.15, -0.1) is 0 Å². The summed E-state index contributed by atoms with van der Waals surface area (Å²) in [6.07, 6.45) is 7.84. The Bertz CT molecular complexity index is 1050. The number of allylic oxidation sites excluding steroid dienone is 2. The second-order valence-electron chi connectivity index (χ2n) is 9.10. The maximum absolute atomic E-state index is 13.3. The van der Waals surface area contributed by atoms with Crippen molar-refractivity contribution in [1.82, 2.24) is 9.80 Å². The Balaban J connectivity index is 2.13. The van der Waals surface area contributed by atoms with E-state index in [-0.39, 0.29) is 23.6 Å². The molecule has 2 fully saturated rings. The second-order valence-corrected chi connectivity index (χ2v) is 9.10. The van der Waals surface area contributed by atoms with Gasteiger partial charge in [0, 0.05) is 13.1 Å². The number of hydrogen-bond acceptors (Lipinski definition) is 5. The number of aliphatic imine (C=N–C) groups is 1. The molecule has 1 heterocycles. The minimum Gasteiger partial charge on any atom is -0.495 e. The van der Waals surface area contributed by atoms with Crippen LogP contribution >= 0.6 is 0 Å². The molecular formula is C27H38N4O4. The lowest BCUT2D eigenvalue weighted by Crippen LogP contribution is -2.60. The number of ether oxygens (including phenoxy) is 1. The predicted octanol–water partition coefficient (Wildman–Crippen LogP) is 5.24. The summed E-state index contributed by atoms with van der Waals surface area (Å²) in [5, 5.41) is 12.7. The summed E-state index contributed by atoms with van der Waals surface area (Å²) in [7, 11) is 3.33. The number of anilines is 1. The maximum atomic E-state index is 13.3. The van der Waals surface area contributed by atoms with Gasteiger partial charge in [0.15, 0.2) is 5.84 Å². The van der Waals surface area contributed by atoms with Crippen LogP contribution in [0.1, 0.15) is 76.6 Å². The van der Waals surface area contributed by atoms with Gasteiger partial charge in [0.25, 0.3) is 0 Å². The smallest absolute Gasteiger partial charge is 0.335 e. The molecule has 0 bridgehead atoms. The number of rotatable bonds is 8. The molecule has 1 aromatic rings. The van der Waals surface area contributed by atoms with Gasteiger partial charge in [-0.2, -0.15) is 0 Å². The fraction of sp³-hybridized carbons (Fsp3) is 0.519. The zero-order chi connectivity index (χ0) is 25.7. The molecule has 1 saturated heterocycles. The van der Waals surface area contributed by atoms with Gasteiger partial charge in [0.05, 0.1) is 24.1 Å². The van der Waals surface area contributed by atoms with Crippen LogP contribution in [0.2, 0.25) is 0 Å². The first-order valence-electron chi connectivity index (χ1n) is 12.5. The van der Waals surface area contributed by atoms with Crippen molar-refractivity contribution in [3.05, 3.63) is 46.9 Å². The lowest BCUT2D eigenvalue weighted by Gasteiger charge is -2.45. The van der Waals surface area contributed by atoms with E-state index in [9.17, 15) is 14.7 Å². The maximum Gasteiger partial charge on any atom is 0.335 e. The third-order valence-corrected chi connectivity index (χ3v) is 7.02. The molecule has 1 amide bonds. The Kier molecular flexibility index (Phi) is 8.59. The molecule has 0 radical (unpaired) electrons. The van der Waals surface area contributed by atoms with Gasteiger partial charge in [0.2, 0.25) is 5.91 Å². The SMILES string of the molecule is C\C=C1/C(=N\C(Nc2ccc(C(=O)O)cc2OC)=C(/C)CC)N(C2CCCC2)C(CC)C(=O)N1C. The molecule has 1 atom stereocenters. The van der Waals surface area contributed by atoms with E-state index in [0.717, 1.165) is 49.2 Å². The largest absolute Gasteiger partial charge is 0.495 e. The Labute approximate surface area is 208 Å². The number of benzene rings is 1. The van der Waals surface area contributed by atoms with Crippen LogP contribution in [0.3, 0.4) is 0 Å². The Morgan fingerprint density at radius 2 is 1.97 bits per heavy atom. The third-order valence-electron chi connectivity index (χ3n) is 7.02. The number of likely N-dealkylation sites (N-methyl/N-ethyl adjacent to an activating group) is 1. The average molecular weight is 483 g/mol.